The maximum Gasteiger partial charge on any atom is 0.283 e. The number of carbonyl (C=O) groups is 3. The van der Waals surface area contributed by atoms with Gasteiger partial charge in [-0.05, 0) is 55.7 Å². The van der Waals surface area contributed by atoms with E-state index in [1.54, 1.807) is 47.4 Å². The lowest BCUT2D eigenvalue weighted by Gasteiger charge is -2.17. The van der Waals surface area contributed by atoms with Gasteiger partial charge >= 0.3 is 0 Å². The summed E-state index contributed by atoms with van der Waals surface area (Å²) in [5.41, 5.74) is 2.14. The monoisotopic (exact) mass is 443 g/mol. The molecule has 6 nitrogen and oxygen atoms in total. The third kappa shape index (κ3) is 3.68. The van der Waals surface area contributed by atoms with Crippen LogP contribution >= 0.6 is 23.2 Å². The zero-order valence-electron chi connectivity index (χ0n) is 16.2. The van der Waals surface area contributed by atoms with Gasteiger partial charge in [0.1, 0.15) is 10.7 Å². The minimum atomic E-state index is -0.631. The highest BCUT2D eigenvalue weighted by Crippen LogP contribution is 2.32. The van der Waals surface area contributed by atoms with Crippen LogP contribution in [0.15, 0.2) is 53.2 Å². The smallest absolute Gasteiger partial charge is 0.283 e. The van der Waals surface area contributed by atoms with Gasteiger partial charge in [0.25, 0.3) is 17.7 Å². The second-order valence-corrected chi connectivity index (χ2v) is 8.06. The summed E-state index contributed by atoms with van der Waals surface area (Å²) in [5.74, 6) is -1.27. The first kappa shape index (κ1) is 20.4. The first-order chi connectivity index (χ1) is 14.4. The first-order valence-electron chi connectivity index (χ1n) is 9.58. The van der Waals surface area contributed by atoms with E-state index in [1.807, 2.05) is 6.92 Å². The molecule has 0 radical (unpaired) electrons. The molecule has 1 N–H and O–H groups in total. The minimum absolute atomic E-state index is 0.0378. The molecule has 2 aliphatic heterocycles. The Morgan fingerprint density at radius 2 is 1.73 bits per heavy atom. The third-order valence-corrected chi connectivity index (χ3v) is 5.97. The van der Waals surface area contributed by atoms with Gasteiger partial charge in [0, 0.05) is 29.4 Å². The first-order valence-corrected chi connectivity index (χ1v) is 10.3. The van der Waals surface area contributed by atoms with E-state index < -0.39 is 11.8 Å². The molecule has 1 fully saturated rings. The molecular formula is C22H19Cl2N3O3. The summed E-state index contributed by atoms with van der Waals surface area (Å²) in [6.45, 7) is 3.32. The van der Waals surface area contributed by atoms with E-state index in [1.165, 1.54) is 0 Å². The number of nitrogens with one attached hydrogen (secondary N) is 1. The van der Waals surface area contributed by atoms with E-state index >= 15 is 0 Å². The highest BCUT2D eigenvalue weighted by molar-refractivity contribution is 6.53. The number of imide groups is 1. The van der Waals surface area contributed by atoms with E-state index in [-0.39, 0.29) is 16.6 Å². The average molecular weight is 444 g/mol. The Kier molecular flexibility index (Phi) is 5.54. The van der Waals surface area contributed by atoms with E-state index in [0.29, 0.717) is 22.0 Å². The van der Waals surface area contributed by atoms with Crippen LogP contribution in [0.2, 0.25) is 5.02 Å². The van der Waals surface area contributed by atoms with Crippen LogP contribution in [-0.2, 0) is 9.59 Å². The predicted octanol–water partition coefficient (Wildman–Crippen LogP) is 4.32. The summed E-state index contributed by atoms with van der Waals surface area (Å²) in [6, 6.07) is 11.7. The van der Waals surface area contributed by atoms with Gasteiger partial charge in [-0.3, -0.25) is 14.4 Å². The van der Waals surface area contributed by atoms with Crippen LogP contribution in [0.3, 0.4) is 0 Å². The molecule has 154 valence electrons. The van der Waals surface area contributed by atoms with Crippen molar-refractivity contribution in [2.24, 2.45) is 0 Å². The van der Waals surface area contributed by atoms with Gasteiger partial charge in [0.2, 0.25) is 0 Å². The van der Waals surface area contributed by atoms with Crippen LogP contribution in [0.25, 0.3) is 0 Å². The number of hydrogen-bond donors (Lipinski definition) is 1. The number of anilines is 2. The van der Waals surface area contributed by atoms with Gasteiger partial charge in [-0.2, -0.15) is 0 Å². The van der Waals surface area contributed by atoms with Crippen molar-refractivity contribution in [1.29, 1.82) is 0 Å². The van der Waals surface area contributed by atoms with Gasteiger partial charge in [-0.25, -0.2) is 4.90 Å². The van der Waals surface area contributed by atoms with Crippen molar-refractivity contribution in [2.75, 3.05) is 23.3 Å². The molecule has 0 unspecified atom stereocenters. The van der Waals surface area contributed by atoms with E-state index in [2.05, 4.69) is 5.32 Å². The Balaban J connectivity index is 1.58. The van der Waals surface area contributed by atoms with Crippen LogP contribution < -0.4 is 10.2 Å². The van der Waals surface area contributed by atoms with Crippen LogP contribution in [0.1, 0.15) is 28.8 Å². The summed E-state index contributed by atoms with van der Waals surface area (Å²) in [4.78, 5) is 41.0. The topological polar surface area (TPSA) is 69.7 Å². The van der Waals surface area contributed by atoms with Crippen molar-refractivity contribution in [3.8, 4) is 0 Å². The van der Waals surface area contributed by atoms with Crippen molar-refractivity contribution in [1.82, 2.24) is 4.90 Å². The number of hydrogen-bond acceptors (Lipinski definition) is 4. The highest BCUT2D eigenvalue weighted by Gasteiger charge is 2.39. The molecule has 0 saturated carbocycles. The molecule has 0 aliphatic carbocycles. The van der Waals surface area contributed by atoms with Crippen molar-refractivity contribution in [2.45, 2.75) is 19.8 Å². The second kappa shape index (κ2) is 8.13. The van der Waals surface area contributed by atoms with Crippen molar-refractivity contribution < 1.29 is 14.4 Å². The maximum atomic E-state index is 12.9. The van der Waals surface area contributed by atoms with Gasteiger partial charge in [0.05, 0.1) is 5.69 Å². The molecule has 0 atom stereocenters. The number of nitrogens with zero attached hydrogens (tertiary/aromatic N) is 2. The molecule has 2 aromatic carbocycles. The summed E-state index contributed by atoms with van der Waals surface area (Å²) in [6.07, 6.45) is 2.00. The molecular weight excluding hydrogens is 425 g/mol. The number of amides is 3. The lowest BCUT2D eigenvalue weighted by molar-refractivity contribution is -0.120. The van der Waals surface area contributed by atoms with Gasteiger partial charge < -0.3 is 10.2 Å². The molecule has 2 aromatic rings. The molecule has 0 spiro atoms. The van der Waals surface area contributed by atoms with Crippen LogP contribution in [0.5, 0.6) is 0 Å². The fraction of sp³-hybridized carbons (Fsp3) is 0.227. The lowest BCUT2D eigenvalue weighted by atomic mass is 10.1. The zero-order valence-corrected chi connectivity index (χ0v) is 17.8. The Hall–Kier alpha value is -2.83. The normalized spacial score (nSPS) is 16.6. The average Bonchev–Trinajstić information content (AvgIpc) is 3.34. The molecule has 3 amide bonds. The molecule has 30 heavy (non-hydrogen) atoms. The zero-order chi connectivity index (χ0) is 21.4. The Bertz CT molecular complexity index is 1090. The van der Waals surface area contributed by atoms with Crippen molar-refractivity contribution in [3.63, 3.8) is 0 Å². The standard InChI is InChI=1S/C22H19Cl2N3O3/c1-13-7-8-16(12-17(13)23)27-21(29)18(24)19(22(27)30)25-15-6-4-5-14(11-15)20(28)26-9-2-3-10-26/h4-8,11-12,25H,2-3,9-10H2,1H3. The van der Waals surface area contributed by atoms with E-state index in [0.717, 1.165) is 36.4 Å². The molecule has 2 aliphatic rings. The van der Waals surface area contributed by atoms with E-state index in [9.17, 15) is 14.4 Å². The number of aryl methyl sites for hydroxylation is 1. The summed E-state index contributed by atoms with van der Waals surface area (Å²) in [7, 11) is 0. The molecule has 1 saturated heterocycles. The number of halogens is 2. The lowest BCUT2D eigenvalue weighted by Crippen LogP contribution is -2.32. The third-order valence-electron chi connectivity index (χ3n) is 5.21. The maximum absolute atomic E-state index is 12.9. The SMILES string of the molecule is Cc1ccc(N2C(=O)C(Cl)=C(Nc3cccc(C(=O)N4CCCC4)c3)C2=O)cc1Cl. The summed E-state index contributed by atoms with van der Waals surface area (Å²) >= 11 is 12.3. The summed E-state index contributed by atoms with van der Waals surface area (Å²) < 4.78 is 0. The fourth-order valence-electron chi connectivity index (χ4n) is 3.54. The van der Waals surface area contributed by atoms with E-state index in [4.69, 9.17) is 23.2 Å². The predicted molar refractivity (Wildman–Crippen MR) is 117 cm³/mol. The van der Waals surface area contributed by atoms with Gasteiger partial charge in [-0.15, -0.1) is 0 Å². The van der Waals surface area contributed by atoms with Crippen LogP contribution in [-0.4, -0.2) is 35.7 Å². The van der Waals surface area contributed by atoms with Gasteiger partial charge in [0.15, 0.2) is 0 Å². The van der Waals surface area contributed by atoms with Crippen molar-refractivity contribution in [3.05, 3.63) is 69.3 Å². The minimum Gasteiger partial charge on any atom is -0.350 e. The fourth-order valence-corrected chi connectivity index (χ4v) is 3.93. The van der Waals surface area contributed by atoms with Crippen LogP contribution in [0, 0.1) is 6.92 Å². The van der Waals surface area contributed by atoms with Crippen molar-refractivity contribution >= 4 is 52.3 Å². The molecule has 8 heteroatoms. The largest absolute Gasteiger partial charge is 0.350 e. The molecule has 2 heterocycles. The Morgan fingerprint density at radius 3 is 2.43 bits per heavy atom. The molecule has 0 bridgehead atoms. The van der Waals surface area contributed by atoms with Gasteiger partial charge in [-0.1, -0.05) is 35.3 Å². The Morgan fingerprint density at radius 1 is 1.00 bits per heavy atom. The summed E-state index contributed by atoms with van der Waals surface area (Å²) in [5, 5.41) is 3.14. The molecule has 4 rings (SSSR count). The quantitative estimate of drug-likeness (QED) is 0.714. The van der Waals surface area contributed by atoms with Crippen LogP contribution in [0.4, 0.5) is 11.4 Å². The molecule has 0 aromatic heterocycles. The highest BCUT2D eigenvalue weighted by atomic mass is 35.5. The number of likely N-dealkylation sites (tertiary alicyclic amines) is 1. The number of benzene rings is 2. The number of rotatable bonds is 4. The second-order valence-electron chi connectivity index (χ2n) is 7.27. The number of carbonyl (C=O) groups excluding carboxylic acids is 3. The Labute approximate surface area is 184 Å².